The van der Waals surface area contributed by atoms with Crippen LogP contribution in [-0.2, 0) is 20.2 Å². The zero-order valence-corrected chi connectivity index (χ0v) is 19.5. The fourth-order valence-corrected chi connectivity index (χ4v) is 4.39. The quantitative estimate of drug-likeness (QED) is 0.614. The summed E-state index contributed by atoms with van der Waals surface area (Å²) >= 11 is 5.89. The average Bonchev–Trinajstić information content (AvgIpc) is 2.65. The number of nitrogens with one attached hydrogen (secondary N) is 1. The summed E-state index contributed by atoms with van der Waals surface area (Å²) in [5.74, 6) is 0.356. The number of hydrogen-bond acceptors (Lipinski definition) is 4. The van der Waals surface area contributed by atoms with Crippen molar-refractivity contribution in [1.29, 1.82) is 0 Å². The molecule has 1 N–H and O–H groups in total. The Hall–Kier alpha value is -2.25. The van der Waals surface area contributed by atoms with E-state index in [1.807, 2.05) is 24.3 Å². The van der Waals surface area contributed by atoms with Crippen LogP contribution in [0.3, 0.4) is 0 Å². The molecule has 0 aliphatic rings. The number of hydrogen-bond donors (Lipinski definition) is 1. The molecule has 0 aliphatic heterocycles. The van der Waals surface area contributed by atoms with Crippen molar-refractivity contribution in [3.63, 3.8) is 0 Å². The van der Waals surface area contributed by atoms with Crippen LogP contribution in [0, 0.1) is 0 Å². The Balaban J connectivity index is 2.01. The third-order valence-electron chi connectivity index (χ3n) is 4.52. The highest BCUT2D eigenvalue weighted by atomic mass is 35.5. The van der Waals surface area contributed by atoms with E-state index in [0.717, 1.165) is 21.9 Å². The molecule has 2 aromatic carbocycles. The molecule has 0 saturated heterocycles. The standard InChI is InChI=1S/C22H29ClN2O4S/c1-16(25(30(5,27)28)18-12-10-17(23)11-13-18)21(26)24-14-15-29-20-9-7-6-8-19(20)22(2,3)4/h6-13,16H,14-15H2,1-5H3,(H,24,26). The fourth-order valence-electron chi connectivity index (χ4n) is 3.09. The van der Waals surface area contributed by atoms with Gasteiger partial charge in [0, 0.05) is 5.02 Å². The number of para-hydroxylation sites is 1. The van der Waals surface area contributed by atoms with Gasteiger partial charge >= 0.3 is 0 Å². The molecule has 1 atom stereocenters. The summed E-state index contributed by atoms with van der Waals surface area (Å²) in [6.45, 7) is 8.38. The maximum absolute atomic E-state index is 12.6. The van der Waals surface area contributed by atoms with Gasteiger partial charge in [0.05, 0.1) is 18.5 Å². The Morgan fingerprint density at radius 3 is 2.30 bits per heavy atom. The van der Waals surface area contributed by atoms with Crippen molar-refractivity contribution in [3.05, 3.63) is 59.1 Å². The van der Waals surface area contributed by atoms with Gasteiger partial charge in [-0.1, -0.05) is 50.6 Å². The first-order chi connectivity index (χ1) is 13.9. The van der Waals surface area contributed by atoms with E-state index in [4.69, 9.17) is 16.3 Å². The van der Waals surface area contributed by atoms with Crippen LogP contribution in [0.1, 0.15) is 33.3 Å². The molecule has 0 fully saturated rings. The van der Waals surface area contributed by atoms with Crippen LogP contribution in [0.15, 0.2) is 48.5 Å². The van der Waals surface area contributed by atoms with Crippen LogP contribution in [0.4, 0.5) is 5.69 Å². The molecule has 0 radical (unpaired) electrons. The molecule has 30 heavy (non-hydrogen) atoms. The number of rotatable bonds is 8. The van der Waals surface area contributed by atoms with Crippen LogP contribution in [-0.4, -0.2) is 39.8 Å². The predicted molar refractivity (Wildman–Crippen MR) is 122 cm³/mol. The lowest BCUT2D eigenvalue weighted by molar-refractivity contribution is -0.121. The fraction of sp³-hybridized carbons (Fsp3) is 0.409. The molecule has 8 heteroatoms. The van der Waals surface area contributed by atoms with Gasteiger partial charge < -0.3 is 10.1 Å². The van der Waals surface area contributed by atoms with Crippen molar-refractivity contribution in [2.75, 3.05) is 23.7 Å². The van der Waals surface area contributed by atoms with Crippen LogP contribution >= 0.6 is 11.6 Å². The van der Waals surface area contributed by atoms with Crippen LogP contribution in [0.25, 0.3) is 0 Å². The van der Waals surface area contributed by atoms with E-state index in [9.17, 15) is 13.2 Å². The molecule has 1 amide bonds. The molecule has 0 heterocycles. The van der Waals surface area contributed by atoms with E-state index >= 15 is 0 Å². The number of benzene rings is 2. The lowest BCUT2D eigenvalue weighted by atomic mass is 9.86. The second kappa shape index (κ2) is 9.71. The molecule has 0 bridgehead atoms. The highest BCUT2D eigenvalue weighted by Gasteiger charge is 2.29. The molecule has 2 aromatic rings. The summed E-state index contributed by atoms with van der Waals surface area (Å²) in [5.41, 5.74) is 1.39. The van der Waals surface area contributed by atoms with Crippen molar-refractivity contribution in [2.24, 2.45) is 0 Å². The molecule has 164 valence electrons. The molecule has 0 spiro atoms. The number of anilines is 1. The molecular weight excluding hydrogens is 424 g/mol. The van der Waals surface area contributed by atoms with Crippen molar-refractivity contribution >= 4 is 33.2 Å². The normalized spacial score (nSPS) is 12.9. The first-order valence-corrected chi connectivity index (χ1v) is 11.9. The molecular formula is C22H29ClN2O4S. The topological polar surface area (TPSA) is 75.7 Å². The summed E-state index contributed by atoms with van der Waals surface area (Å²) < 4.78 is 31.5. The third-order valence-corrected chi connectivity index (χ3v) is 6.02. The highest BCUT2D eigenvalue weighted by Crippen LogP contribution is 2.30. The Labute approximate surface area is 184 Å². The Morgan fingerprint density at radius 2 is 1.73 bits per heavy atom. The Morgan fingerprint density at radius 1 is 1.13 bits per heavy atom. The number of carbonyl (C=O) groups is 1. The smallest absolute Gasteiger partial charge is 0.243 e. The van der Waals surface area contributed by atoms with Gasteiger partial charge in [0.1, 0.15) is 18.4 Å². The monoisotopic (exact) mass is 452 g/mol. The minimum absolute atomic E-state index is 0.0665. The van der Waals surface area contributed by atoms with Crippen molar-refractivity contribution in [1.82, 2.24) is 5.32 Å². The molecule has 0 aliphatic carbocycles. The second-order valence-electron chi connectivity index (χ2n) is 8.10. The van der Waals surface area contributed by atoms with Crippen molar-refractivity contribution in [2.45, 2.75) is 39.2 Å². The summed E-state index contributed by atoms with van der Waals surface area (Å²) in [4.78, 5) is 12.6. The Kier molecular flexibility index (Phi) is 7.77. The van der Waals surface area contributed by atoms with E-state index in [-0.39, 0.29) is 18.6 Å². The van der Waals surface area contributed by atoms with Gasteiger partial charge in [-0.2, -0.15) is 0 Å². The van der Waals surface area contributed by atoms with Gasteiger partial charge in [-0.25, -0.2) is 8.42 Å². The highest BCUT2D eigenvalue weighted by molar-refractivity contribution is 7.92. The predicted octanol–water partition coefficient (Wildman–Crippen LogP) is 3.99. The van der Waals surface area contributed by atoms with E-state index < -0.39 is 22.0 Å². The summed E-state index contributed by atoms with van der Waals surface area (Å²) in [7, 11) is -3.67. The Bertz CT molecular complexity index is 969. The molecule has 2 rings (SSSR count). The van der Waals surface area contributed by atoms with E-state index in [2.05, 4.69) is 26.1 Å². The molecule has 6 nitrogen and oxygen atoms in total. The van der Waals surface area contributed by atoms with Gasteiger partial charge in [0.25, 0.3) is 0 Å². The van der Waals surface area contributed by atoms with Gasteiger partial charge in [0.15, 0.2) is 0 Å². The van der Waals surface area contributed by atoms with Gasteiger partial charge in [-0.15, -0.1) is 0 Å². The van der Waals surface area contributed by atoms with Gasteiger partial charge in [0.2, 0.25) is 15.9 Å². The lowest BCUT2D eigenvalue weighted by Crippen LogP contribution is -2.48. The molecule has 1 unspecified atom stereocenters. The first-order valence-electron chi connectivity index (χ1n) is 9.66. The number of amides is 1. The van der Waals surface area contributed by atoms with Crippen LogP contribution < -0.4 is 14.4 Å². The van der Waals surface area contributed by atoms with Crippen LogP contribution in [0.5, 0.6) is 5.75 Å². The lowest BCUT2D eigenvalue weighted by Gasteiger charge is -2.28. The first kappa shape index (κ1) is 24.0. The maximum atomic E-state index is 12.6. The van der Waals surface area contributed by atoms with Gasteiger partial charge in [-0.3, -0.25) is 9.10 Å². The number of nitrogens with zero attached hydrogens (tertiary/aromatic N) is 1. The summed E-state index contributed by atoms with van der Waals surface area (Å²) in [6, 6.07) is 13.2. The number of halogens is 1. The number of sulfonamides is 1. The van der Waals surface area contributed by atoms with Gasteiger partial charge in [-0.05, 0) is 48.2 Å². The van der Waals surface area contributed by atoms with E-state index in [0.29, 0.717) is 10.7 Å². The summed E-state index contributed by atoms with van der Waals surface area (Å²) in [5, 5.41) is 3.23. The summed E-state index contributed by atoms with van der Waals surface area (Å²) in [6.07, 6.45) is 1.07. The minimum atomic E-state index is -3.67. The minimum Gasteiger partial charge on any atom is -0.491 e. The van der Waals surface area contributed by atoms with Crippen LogP contribution in [0.2, 0.25) is 5.02 Å². The molecule has 0 saturated carbocycles. The zero-order valence-electron chi connectivity index (χ0n) is 18.0. The SMILES string of the molecule is CC(C(=O)NCCOc1ccccc1C(C)(C)C)N(c1ccc(Cl)cc1)S(C)(=O)=O. The van der Waals surface area contributed by atoms with Crippen molar-refractivity contribution in [3.8, 4) is 5.75 Å². The van der Waals surface area contributed by atoms with E-state index in [1.54, 1.807) is 31.2 Å². The largest absolute Gasteiger partial charge is 0.491 e. The van der Waals surface area contributed by atoms with E-state index in [1.165, 1.54) is 0 Å². The number of carbonyl (C=O) groups excluding carboxylic acids is 1. The maximum Gasteiger partial charge on any atom is 0.243 e. The molecule has 0 aromatic heterocycles. The third kappa shape index (κ3) is 6.37. The average molecular weight is 453 g/mol. The van der Waals surface area contributed by atoms with Crippen molar-refractivity contribution < 1.29 is 17.9 Å². The zero-order chi connectivity index (χ0) is 22.5. The second-order valence-corrected chi connectivity index (χ2v) is 10.4. The number of ether oxygens (including phenoxy) is 1.